The molecule has 0 spiro atoms. The van der Waals surface area contributed by atoms with Crippen LogP contribution in [0, 0.1) is 10.1 Å². The Labute approximate surface area is 170 Å². The van der Waals surface area contributed by atoms with Gasteiger partial charge in [-0.1, -0.05) is 18.2 Å². The van der Waals surface area contributed by atoms with Gasteiger partial charge in [0.15, 0.2) is 0 Å². The van der Waals surface area contributed by atoms with Gasteiger partial charge in [0.1, 0.15) is 0 Å². The second-order valence-corrected chi connectivity index (χ2v) is 7.17. The first-order valence-corrected chi connectivity index (χ1v) is 9.57. The Morgan fingerprint density at radius 2 is 1.90 bits per heavy atom. The van der Waals surface area contributed by atoms with Crippen molar-refractivity contribution in [3.63, 3.8) is 0 Å². The van der Waals surface area contributed by atoms with E-state index < -0.39 is 4.92 Å². The van der Waals surface area contributed by atoms with Crippen LogP contribution in [-0.2, 0) is 4.74 Å². The van der Waals surface area contributed by atoms with E-state index in [1.54, 1.807) is 6.07 Å². The highest BCUT2D eigenvalue weighted by Gasteiger charge is 2.24. The van der Waals surface area contributed by atoms with Gasteiger partial charge in [-0.25, -0.2) is 0 Å². The van der Waals surface area contributed by atoms with Crippen LogP contribution < -0.4 is 10.2 Å². The fourth-order valence-corrected chi connectivity index (χ4v) is 3.39. The molecule has 1 saturated heterocycles. The van der Waals surface area contributed by atoms with Crippen molar-refractivity contribution >= 4 is 17.3 Å². The van der Waals surface area contributed by atoms with E-state index in [0.717, 1.165) is 24.3 Å². The molecule has 0 unspecified atom stereocenters. The van der Waals surface area contributed by atoms with Crippen molar-refractivity contribution in [2.45, 2.75) is 6.04 Å². The van der Waals surface area contributed by atoms with Crippen molar-refractivity contribution in [3.8, 4) is 0 Å². The van der Waals surface area contributed by atoms with Gasteiger partial charge in [0.25, 0.3) is 11.6 Å². The third-order valence-corrected chi connectivity index (χ3v) is 5.06. The van der Waals surface area contributed by atoms with E-state index in [2.05, 4.69) is 34.5 Å². The average Bonchev–Trinajstić information content (AvgIpc) is 2.75. The Morgan fingerprint density at radius 3 is 2.52 bits per heavy atom. The molecule has 1 atom stereocenters. The van der Waals surface area contributed by atoms with E-state index in [1.165, 1.54) is 18.2 Å². The van der Waals surface area contributed by atoms with Gasteiger partial charge in [-0.2, -0.15) is 0 Å². The number of nitrogens with zero attached hydrogens (tertiary/aromatic N) is 3. The lowest BCUT2D eigenvalue weighted by Crippen LogP contribution is -2.43. The smallest absolute Gasteiger partial charge is 0.270 e. The molecule has 2 aromatic carbocycles. The molecule has 0 saturated carbocycles. The van der Waals surface area contributed by atoms with Crippen LogP contribution in [0.1, 0.15) is 22.0 Å². The zero-order valence-corrected chi connectivity index (χ0v) is 16.7. The summed E-state index contributed by atoms with van der Waals surface area (Å²) in [5.41, 5.74) is 2.40. The molecule has 8 nitrogen and oxygen atoms in total. The zero-order valence-electron chi connectivity index (χ0n) is 16.7. The molecule has 1 N–H and O–H groups in total. The van der Waals surface area contributed by atoms with Gasteiger partial charge < -0.3 is 15.0 Å². The summed E-state index contributed by atoms with van der Waals surface area (Å²) in [7, 11) is 3.99. The number of non-ortho nitro benzene ring substituents is 1. The van der Waals surface area contributed by atoms with Gasteiger partial charge in [0.05, 0.1) is 24.2 Å². The molecule has 1 aliphatic rings. The highest BCUT2D eigenvalue weighted by atomic mass is 16.6. The zero-order chi connectivity index (χ0) is 20.8. The largest absolute Gasteiger partial charge is 0.379 e. The second kappa shape index (κ2) is 9.49. The van der Waals surface area contributed by atoms with E-state index in [4.69, 9.17) is 4.74 Å². The highest BCUT2D eigenvalue weighted by molar-refractivity contribution is 5.94. The summed E-state index contributed by atoms with van der Waals surface area (Å²) in [6.45, 7) is 3.29. The average molecular weight is 398 g/mol. The fraction of sp³-hybridized carbons (Fsp3) is 0.381. The number of morpholine rings is 1. The number of amides is 1. The molecule has 2 aromatic rings. The van der Waals surface area contributed by atoms with Crippen molar-refractivity contribution in [1.82, 2.24) is 10.2 Å². The molecule has 3 rings (SSSR count). The fourth-order valence-electron chi connectivity index (χ4n) is 3.39. The number of hydrogen-bond acceptors (Lipinski definition) is 6. The maximum absolute atomic E-state index is 12.6. The summed E-state index contributed by atoms with van der Waals surface area (Å²) in [5, 5.41) is 13.9. The van der Waals surface area contributed by atoms with Crippen LogP contribution in [0.15, 0.2) is 48.5 Å². The molecule has 1 heterocycles. The molecule has 0 aromatic heterocycles. The van der Waals surface area contributed by atoms with Gasteiger partial charge in [0.2, 0.25) is 0 Å². The summed E-state index contributed by atoms with van der Waals surface area (Å²) in [4.78, 5) is 27.4. The number of nitro groups is 1. The molecule has 0 aliphatic carbocycles. The number of carbonyl (C=O) groups excluding carboxylic acids is 1. The summed E-state index contributed by atoms with van der Waals surface area (Å²) in [6, 6.07) is 14.0. The van der Waals surface area contributed by atoms with Gasteiger partial charge in [0, 0.05) is 57.1 Å². The number of rotatable bonds is 7. The molecule has 154 valence electrons. The Hall–Kier alpha value is -2.97. The van der Waals surface area contributed by atoms with Gasteiger partial charge in [-0.3, -0.25) is 19.8 Å². The topological polar surface area (TPSA) is 88.0 Å². The third kappa shape index (κ3) is 5.30. The maximum atomic E-state index is 12.6. The van der Waals surface area contributed by atoms with Gasteiger partial charge in [-0.05, 0) is 23.8 Å². The van der Waals surface area contributed by atoms with Crippen LogP contribution in [0.3, 0.4) is 0 Å². The SMILES string of the molecule is CN(C)c1ccc([C@@H](CNC(=O)c2cccc([N+](=O)[O-])c2)N2CCOCC2)cc1. The molecule has 0 bridgehead atoms. The number of nitro benzene ring substituents is 1. The van der Waals surface area contributed by atoms with Crippen molar-refractivity contribution in [2.75, 3.05) is 51.8 Å². The predicted octanol–water partition coefficient (Wildman–Crippen LogP) is 2.46. The second-order valence-electron chi connectivity index (χ2n) is 7.17. The molecular weight excluding hydrogens is 372 g/mol. The van der Waals surface area contributed by atoms with Crippen LogP contribution >= 0.6 is 0 Å². The first-order valence-electron chi connectivity index (χ1n) is 9.57. The Morgan fingerprint density at radius 1 is 1.21 bits per heavy atom. The molecule has 1 fully saturated rings. The summed E-state index contributed by atoms with van der Waals surface area (Å²) >= 11 is 0. The predicted molar refractivity (Wildman–Crippen MR) is 111 cm³/mol. The minimum absolute atomic E-state index is 0.00207. The van der Waals surface area contributed by atoms with Crippen LogP contribution in [-0.4, -0.2) is 62.7 Å². The van der Waals surface area contributed by atoms with Crippen LogP contribution in [0.25, 0.3) is 0 Å². The van der Waals surface area contributed by atoms with Crippen molar-refractivity contribution in [3.05, 3.63) is 69.8 Å². The number of benzene rings is 2. The van der Waals surface area contributed by atoms with Crippen LogP contribution in [0.2, 0.25) is 0 Å². The van der Waals surface area contributed by atoms with Gasteiger partial charge >= 0.3 is 0 Å². The molecule has 29 heavy (non-hydrogen) atoms. The quantitative estimate of drug-likeness (QED) is 0.569. The summed E-state index contributed by atoms with van der Waals surface area (Å²) in [5.74, 6) is -0.322. The number of hydrogen-bond donors (Lipinski definition) is 1. The summed E-state index contributed by atoms with van der Waals surface area (Å²) < 4.78 is 5.47. The molecular formula is C21H26N4O4. The molecule has 1 aliphatic heterocycles. The Balaban J connectivity index is 1.75. The number of nitrogens with one attached hydrogen (secondary N) is 1. The van der Waals surface area contributed by atoms with E-state index in [0.29, 0.717) is 19.8 Å². The van der Waals surface area contributed by atoms with Crippen LogP contribution in [0.4, 0.5) is 11.4 Å². The lowest BCUT2D eigenvalue weighted by atomic mass is 10.0. The standard InChI is InChI=1S/C21H26N4O4/c1-23(2)18-8-6-16(7-9-18)20(24-10-12-29-13-11-24)15-22-21(26)17-4-3-5-19(14-17)25(27)28/h3-9,14,20H,10-13,15H2,1-2H3,(H,22,26)/t20-/m1/s1. The van der Waals surface area contributed by atoms with Crippen molar-refractivity contribution < 1.29 is 14.5 Å². The molecule has 8 heteroatoms. The minimum atomic E-state index is -0.500. The lowest BCUT2D eigenvalue weighted by Gasteiger charge is -2.35. The van der Waals surface area contributed by atoms with E-state index in [9.17, 15) is 14.9 Å². The highest BCUT2D eigenvalue weighted by Crippen LogP contribution is 2.24. The summed E-state index contributed by atoms with van der Waals surface area (Å²) in [6.07, 6.45) is 0. The van der Waals surface area contributed by atoms with E-state index in [1.807, 2.05) is 19.0 Å². The minimum Gasteiger partial charge on any atom is -0.379 e. The first-order chi connectivity index (χ1) is 14.0. The van der Waals surface area contributed by atoms with Gasteiger partial charge in [-0.15, -0.1) is 0 Å². The maximum Gasteiger partial charge on any atom is 0.270 e. The monoisotopic (exact) mass is 398 g/mol. The van der Waals surface area contributed by atoms with Crippen molar-refractivity contribution in [2.24, 2.45) is 0 Å². The normalized spacial score (nSPS) is 15.5. The van der Waals surface area contributed by atoms with E-state index in [-0.39, 0.29) is 23.2 Å². The number of carbonyl (C=O) groups is 1. The van der Waals surface area contributed by atoms with Crippen LogP contribution in [0.5, 0.6) is 0 Å². The first kappa shape index (κ1) is 20.8. The third-order valence-electron chi connectivity index (χ3n) is 5.06. The Bertz CT molecular complexity index is 848. The van der Waals surface area contributed by atoms with Crippen molar-refractivity contribution in [1.29, 1.82) is 0 Å². The number of ether oxygens (including phenoxy) is 1. The molecule has 1 amide bonds. The van der Waals surface area contributed by atoms with E-state index >= 15 is 0 Å². The number of anilines is 1. The Kier molecular flexibility index (Phi) is 6.79. The lowest BCUT2D eigenvalue weighted by molar-refractivity contribution is -0.384. The molecule has 0 radical (unpaired) electrons.